The van der Waals surface area contributed by atoms with Gasteiger partial charge in [0, 0.05) is 19.6 Å². The molecule has 1 saturated heterocycles. The van der Waals surface area contributed by atoms with E-state index in [-0.39, 0.29) is 6.03 Å². The fourth-order valence-electron chi connectivity index (χ4n) is 2.52. The maximum absolute atomic E-state index is 12.5. The second-order valence-corrected chi connectivity index (χ2v) is 7.50. The molecule has 0 aliphatic carbocycles. The molecule has 2 amide bonds. The van der Waals surface area contributed by atoms with Gasteiger partial charge in [0.1, 0.15) is 0 Å². The summed E-state index contributed by atoms with van der Waals surface area (Å²) in [6, 6.07) is 8.46. The lowest BCUT2D eigenvalue weighted by Crippen LogP contribution is -2.47. The molecule has 1 aromatic rings. The van der Waals surface area contributed by atoms with E-state index in [0.717, 1.165) is 6.42 Å². The van der Waals surface area contributed by atoms with Crippen molar-refractivity contribution in [2.75, 3.05) is 19.6 Å². The zero-order chi connectivity index (χ0) is 15.3. The number of nitrogens with zero attached hydrogens (tertiary/aromatic N) is 1. The highest BCUT2D eigenvalue weighted by Gasteiger charge is 2.32. The molecule has 5 nitrogen and oxygen atoms in total. The van der Waals surface area contributed by atoms with Gasteiger partial charge in [-0.1, -0.05) is 25.1 Å². The number of carbonyl (C=O) groups is 1. The summed E-state index contributed by atoms with van der Waals surface area (Å²) in [4.78, 5) is 13.9. The second-order valence-electron chi connectivity index (χ2n) is 5.28. The van der Waals surface area contributed by atoms with Crippen molar-refractivity contribution in [3.8, 4) is 0 Å². The number of hydrogen-bond acceptors (Lipinski definition) is 3. The Bertz CT molecular complexity index is 564. The quantitative estimate of drug-likeness (QED) is 0.925. The summed E-state index contributed by atoms with van der Waals surface area (Å²) in [5, 5.41) is 2.43. The van der Waals surface area contributed by atoms with E-state index in [4.69, 9.17) is 0 Å². The second kappa shape index (κ2) is 6.93. The zero-order valence-corrected chi connectivity index (χ0v) is 13.1. The molecule has 1 heterocycles. The van der Waals surface area contributed by atoms with Gasteiger partial charge in [0.2, 0.25) is 0 Å². The molecule has 0 atom stereocenters. The predicted molar refractivity (Wildman–Crippen MR) is 81.9 cm³/mol. The Morgan fingerprint density at radius 1 is 1.24 bits per heavy atom. The molecule has 2 rings (SSSR count). The van der Waals surface area contributed by atoms with E-state index in [1.807, 2.05) is 6.92 Å². The van der Waals surface area contributed by atoms with Crippen LogP contribution < -0.4 is 5.32 Å². The Hall–Kier alpha value is -1.56. The number of hydrogen-bond donors (Lipinski definition) is 1. The summed E-state index contributed by atoms with van der Waals surface area (Å²) in [6.45, 7) is 3.64. The molecular formula is C15H22N2O3S. The van der Waals surface area contributed by atoms with E-state index in [0.29, 0.717) is 37.4 Å². The third-order valence-electron chi connectivity index (χ3n) is 3.77. The van der Waals surface area contributed by atoms with Crippen LogP contribution in [0.25, 0.3) is 0 Å². The third-order valence-corrected chi connectivity index (χ3v) is 6.04. The largest absolute Gasteiger partial charge is 0.338 e. The highest BCUT2D eigenvalue weighted by atomic mass is 32.2. The maximum Gasteiger partial charge on any atom is 0.317 e. The van der Waals surface area contributed by atoms with Crippen LogP contribution >= 0.6 is 0 Å². The summed E-state index contributed by atoms with van der Waals surface area (Å²) < 4.78 is 25.0. The minimum atomic E-state index is -3.29. The normalized spacial score (nSPS) is 16.7. The van der Waals surface area contributed by atoms with E-state index in [1.165, 1.54) is 0 Å². The molecule has 0 radical (unpaired) electrons. The van der Waals surface area contributed by atoms with E-state index >= 15 is 0 Å². The van der Waals surface area contributed by atoms with Gasteiger partial charge in [-0.15, -0.1) is 0 Å². The van der Waals surface area contributed by atoms with Gasteiger partial charge < -0.3 is 10.2 Å². The van der Waals surface area contributed by atoms with Crippen LogP contribution in [-0.2, 0) is 9.84 Å². The van der Waals surface area contributed by atoms with Crippen LogP contribution in [0.2, 0.25) is 0 Å². The predicted octanol–water partition coefficient (Wildman–Crippen LogP) is 2.04. The van der Waals surface area contributed by atoms with Crippen molar-refractivity contribution in [1.29, 1.82) is 0 Å². The van der Waals surface area contributed by atoms with Crippen LogP contribution in [0.4, 0.5) is 4.79 Å². The van der Waals surface area contributed by atoms with Crippen LogP contribution in [0.1, 0.15) is 26.2 Å². The molecule has 116 valence electrons. The molecule has 1 aliphatic heterocycles. The zero-order valence-electron chi connectivity index (χ0n) is 12.3. The number of nitrogens with one attached hydrogen (secondary N) is 1. The van der Waals surface area contributed by atoms with Gasteiger partial charge >= 0.3 is 6.03 Å². The minimum Gasteiger partial charge on any atom is -0.338 e. The van der Waals surface area contributed by atoms with Crippen molar-refractivity contribution in [2.24, 2.45) is 0 Å². The number of urea groups is 1. The van der Waals surface area contributed by atoms with E-state index in [9.17, 15) is 13.2 Å². The van der Waals surface area contributed by atoms with Crippen LogP contribution in [0, 0.1) is 0 Å². The molecule has 1 aromatic carbocycles. The number of piperidine rings is 1. The van der Waals surface area contributed by atoms with Gasteiger partial charge in [0.25, 0.3) is 0 Å². The average molecular weight is 310 g/mol. The molecule has 6 heteroatoms. The molecule has 1 fully saturated rings. The third kappa shape index (κ3) is 3.75. The van der Waals surface area contributed by atoms with Gasteiger partial charge in [0.15, 0.2) is 9.84 Å². The standard InChI is InChI=1S/C15H22N2O3S/c1-2-10-16-15(18)17-11-8-14(9-12-17)21(19,20)13-6-4-3-5-7-13/h3-7,14H,2,8-12H2,1H3,(H,16,18). The monoisotopic (exact) mass is 310 g/mol. The number of amides is 2. The Kier molecular flexibility index (Phi) is 5.22. The topological polar surface area (TPSA) is 66.5 Å². The van der Waals surface area contributed by atoms with Crippen molar-refractivity contribution in [3.05, 3.63) is 30.3 Å². The summed E-state index contributed by atoms with van der Waals surface area (Å²) in [5.41, 5.74) is 0. The van der Waals surface area contributed by atoms with E-state index in [1.54, 1.807) is 35.2 Å². The Morgan fingerprint density at radius 3 is 2.43 bits per heavy atom. The van der Waals surface area contributed by atoms with Crippen molar-refractivity contribution in [2.45, 2.75) is 36.3 Å². The van der Waals surface area contributed by atoms with Gasteiger partial charge in [-0.05, 0) is 31.4 Å². The maximum atomic E-state index is 12.5. The van der Waals surface area contributed by atoms with Gasteiger partial charge in [-0.3, -0.25) is 0 Å². The molecule has 0 bridgehead atoms. The van der Waals surface area contributed by atoms with Crippen LogP contribution in [0.3, 0.4) is 0 Å². The number of benzene rings is 1. The molecule has 1 aliphatic rings. The van der Waals surface area contributed by atoms with Gasteiger partial charge in [-0.25, -0.2) is 13.2 Å². The molecule has 21 heavy (non-hydrogen) atoms. The Morgan fingerprint density at radius 2 is 1.86 bits per heavy atom. The lowest BCUT2D eigenvalue weighted by atomic mass is 10.1. The van der Waals surface area contributed by atoms with Crippen molar-refractivity contribution >= 4 is 15.9 Å². The van der Waals surface area contributed by atoms with Gasteiger partial charge in [0.05, 0.1) is 10.1 Å². The van der Waals surface area contributed by atoms with Crippen LogP contribution in [-0.4, -0.2) is 44.2 Å². The first-order chi connectivity index (χ1) is 10.1. The highest BCUT2D eigenvalue weighted by Crippen LogP contribution is 2.24. The first-order valence-corrected chi connectivity index (χ1v) is 8.92. The van der Waals surface area contributed by atoms with Crippen molar-refractivity contribution < 1.29 is 13.2 Å². The lowest BCUT2D eigenvalue weighted by Gasteiger charge is -2.31. The average Bonchev–Trinajstić information content (AvgIpc) is 2.53. The molecule has 0 saturated carbocycles. The summed E-state index contributed by atoms with van der Waals surface area (Å²) >= 11 is 0. The van der Waals surface area contributed by atoms with E-state index in [2.05, 4.69) is 5.32 Å². The number of sulfone groups is 1. The SMILES string of the molecule is CCCNC(=O)N1CCC(S(=O)(=O)c2ccccc2)CC1. The summed E-state index contributed by atoms with van der Waals surface area (Å²) in [6.07, 6.45) is 1.89. The molecule has 1 N–H and O–H groups in total. The number of rotatable bonds is 4. The molecular weight excluding hydrogens is 288 g/mol. The smallest absolute Gasteiger partial charge is 0.317 e. The van der Waals surface area contributed by atoms with Crippen LogP contribution in [0.5, 0.6) is 0 Å². The molecule has 0 aromatic heterocycles. The molecule has 0 unspecified atom stereocenters. The first kappa shape index (κ1) is 15.8. The lowest BCUT2D eigenvalue weighted by molar-refractivity contribution is 0.187. The fraction of sp³-hybridized carbons (Fsp3) is 0.533. The highest BCUT2D eigenvalue weighted by molar-refractivity contribution is 7.92. The number of carbonyl (C=O) groups excluding carboxylic acids is 1. The van der Waals surface area contributed by atoms with Gasteiger partial charge in [-0.2, -0.15) is 0 Å². The number of likely N-dealkylation sites (tertiary alicyclic amines) is 1. The van der Waals surface area contributed by atoms with Crippen molar-refractivity contribution in [1.82, 2.24) is 10.2 Å². The first-order valence-electron chi connectivity index (χ1n) is 7.37. The van der Waals surface area contributed by atoms with Crippen LogP contribution in [0.15, 0.2) is 35.2 Å². The fourth-order valence-corrected chi connectivity index (χ4v) is 4.27. The minimum absolute atomic E-state index is 0.0904. The van der Waals surface area contributed by atoms with Crippen molar-refractivity contribution in [3.63, 3.8) is 0 Å². The summed E-state index contributed by atoms with van der Waals surface area (Å²) in [7, 11) is -3.29. The summed E-state index contributed by atoms with van der Waals surface area (Å²) in [5.74, 6) is 0. The Balaban J connectivity index is 1.96. The van der Waals surface area contributed by atoms with E-state index < -0.39 is 15.1 Å². The Labute approximate surface area is 126 Å². The molecule has 0 spiro atoms.